The van der Waals surface area contributed by atoms with Crippen LogP contribution in [0.3, 0.4) is 0 Å². The van der Waals surface area contributed by atoms with Crippen molar-refractivity contribution in [1.29, 1.82) is 0 Å². The van der Waals surface area contributed by atoms with Crippen LogP contribution in [0, 0.1) is 0 Å². The molecule has 1 saturated carbocycles. The van der Waals surface area contributed by atoms with Gasteiger partial charge in [0.2, 0.25) is 5.91 Å². The van der Waals surface area contributed by atoms with Crippen molar-refractivity contribution in [2.45, 2.75) is 50.7 Å². The number of piperazine rings is 1. The lowest BCUT2D eigenvalue weighted by atomic mass is 9.96. The van der Waals surface area contributed by atoms with E-state index in [0.29, 0.717) is 26.2 Å². The van der Waals surface area contributed by atoms with E-state index >= 15 is 0 Å². The van der Waals surface area contributed by atoms with E-state index in [4.69, 9.17) is 0 Å². The van der Waals surface area contributed by atoms with Gasteiger partial charge < -0.3 is 19.9 Å². The zero-order valence-corrected chi connectivity index (χ0v) is 14.3. The Hall–Kier alpha value is -1.51. The van der Waals surface area contributed by atoms with E-state index in [2.05, 4.69) is 10.1 Å². The number of hydrogen-bond acceptors (Lipinski definition) is 3. The van der Waals surface area contributed by atoms with Gasteiger partial charge in [-0.05, 0) is 12.8 Å². The molecule has 1 aliphatic heterocycles. The number of amides is 3. The molecular formula is C16H26F3N3O3. The first-order valence-electron chi connectivity index (χ1n) is 8.83. The van der Waals surface area contributed by atoms with Crippen LogP contribution in [0.5, 0.6) is 0 Å². The van der Waals surface area contributed by atoms with Crippen molar-refractivity contribution in [3.63, 3.8) is 0 Å². The molecule has 1 N–H and O–H groups in total. The Morgan fingerprint density at radius 3 is 2.20 bits per heavy atom. The first kappa shape index (κ1) is 19.8. The molecule has 0 unspecified atom stereocenters. The lowest BCUT2D eigenvalue weighted by molar-refractivity contribution is -0.175. The van der Waals surface area contributed by atoms with E-state index in [-0.39, 0.29) is 31.0 Å². The van der Waals surface area contributed by atoms with Crippen LogP contribution >= 0.6 is 0 Å². The van der Waals surface area contributed by atoms with Gasteiger partial charge in [0.05, 0.1) is 13.0 Å². The fourth-order valence-corrected chi connectivity index (χ4v) is 3.18. The number of alkyl halides is 3. The minimum atomic E-state index is -4.37. The van der Waals surface area contributed by atoms with E-state index in [1.54, 1.807) is 9.80 Å². The molecule has 3 amide bonds. The molecule has 0 aromatic carbocycles. The summed E-state index contributed by atoms with van der Waals surface area (Å²) < 4.78 is 40.3. The number of nitrogens with zero attached hydrogens (tertiary/aromatic N) is 2. The summed E-state index contributed by atoms with van der Waals surface area (Å²) in [7, 11) is 0. The van der Waals surface area contributed by atoms with Gasteiger partial charge in [-0.25, -0.2) is 4.79 Å². The van der Waals surface area contributed by atoms with E-state index < -0.39 is 12.8 Å². The van der Waals surface area contributed by atoms with Gasteiger partial charge in [-0.2, -0.15) is 13.2 Å². The maximum absolute atomic E-state index is 12.2. The molecule has 0 bridgehead atoms. The number of rotatable bonds is 5. The Kier molecular flexibility index (Phi) is 7.34. The van der Waals surface area contributed by atoms with Crippen LogP contribution in [0.25, 0.3) is 0 Å². The molecule has 0 aromatic heterocycles. The standard InChI is InChI=1S/C16H26F3N3O3/c17-16(18,19)12-25-11-6-14(23)21-7-9-22(10-8-21)15(24)20-13-4-2-1-3-5-13/h13H,1-12H2,(H,20,24). The molecular weight excluding hydrogens is 339 g/mol. The Labute approximate surface area is 145 Å². The summed E-state index contributed by atoms with van der Waals surface area (Å²) in [5, 5.41) is 3.05. The number of carbonyl (C=O) groups is 2. The normalized spacial score (nSPS) is 19.8. The molecule has 0 spiro atoms. The zero-order chi connectivity index (χ0) is 18.3. The van der Waals surface area contributed by atoms with E-state index in [1.165, 1.54) is 6.42 Å². The van der Waals surface area contributed by atoms with Crippen LogP contribution in [0.15, 0.2) is 0 Å². The summed E-state index contributed by atoms with van der Waals surface area (Å²) in [6.45, 7) is 0.0872. The van der Waals surface area contributed by atoms with Crippen LogP contribution in [0.1, 0.15) is 38.5 Å². The Bertz CT molecular complexity index is 446. The molecule has 2 fully saturated rings. The molecule has 1 heterocycles. The number of ether oxygens (including phenoxy) is 1. The molecule has 1 aliphatic carbocycles. The predicted molar refractivity (Wildman–Crippen MR) is 85.0 cm³/mol. The molecule has 0 aromatic rings. The van der Waals surface area contributed by atoms with Crippen molar-refractivity contribution in [2.24, 2.45) is 0 Å². The zero-order valence-electron chi connectivity index (χ0n) is 14.3. The number of hydrogen-bond donors (Lipinski definition) is 1. The highest BCUT2D eigenvalue weighted by Crippen LogP contribution is 2.18. The van der Waals surface area contributed by atoms with E-state index in [9.17, 15) is 22.8 Å². The molecule has 9 heteroatoms. The Balaban J connectivity index is 1.63. The summed E-state index contributed by atoms with van der Waals surface area (Å²) in [5.41, 5.74) is 0. The van der Waals surface area contributed by atoms with Crippen LogP contribution in [0.2, 0.25) is 0 Å². The van der Waals surface area contributed by atoms with E-state index in [0.717, 1.165) is 25.7 Å². The van der Waals surface area contributed by atoms with Gasteiger partial charge in [0.1, 0.15) is 6.61 Å². The van der Waals surface area contributed by atoms with Gasteiger partial charge >= 0.3 is 12.2 Å². The van der Waals surface area contributed by atoms with Crippen molar-refractivity contribution < 1.29 is 27.5 Å². The fraction of sp³-hybridized carbons (Fsp3) is 0.875. The van der Waals surface area contributed by atoms with Crippen LogP contribution < -0.4 is 5.32 Å². The lowest BCUT2D eigenvalue weighted by Crippen LogP contribution is -2.54. The second-order valence-corrected chi connectivity index (χ2v) is 6.57. The van der Waals surface area contributed by atoms with Gasteiger partial charge in [-0.1, -0.05) is 19.3 Å². The molecule has 144 valence electrons. The van der Waals surface area contributed by atoms with Crippen LogP contribution in [-0.4, -0.2) is 73.3 Å². The van der Waals surface area contributed by atoms with Crippen LogP contribution in [-0.2, 0) is 9.53 Å². The third-order valence-electron chi connectivity index (χ3n) is 4.58. The number of halogens is 3. The molecule has 6 nitrogen and oxygen atoms in total. The minimum Gasteiger partial charge on any atom is -0.372 e. The van der Waals surface area contributed by atoms with Crippen molar-refractivity contribution in [2.75, 3.05) is 39.4 Å². The number of urea groups is 1. The van der Waals surface area contributed by atoms with Crippen molar-refractivity contribution in [3.8, 4) is 0 Å². The lowest BCUT2D eigenvalue weighted by Gasteiger charge is -2.36. The highest BCUT2D eigenvalue weighted by Gasteiger charge is 2.28. The average molecular weight is 365 g/mol. The van der Waals surface area contributed by atoms with Gasteiger partial charge in [0.25, 0.3) is 0 Å². The second kappa shape index (κ2) is 9.26. The van der Waals surface area contributed by atoms with Gasteiger partial charge in [0, 0.05) is 32.2 Å². The quantitative estimate of drug-likeness (QED) is 0.760. The van der Waals surface area contributed by atoms with E-state index in [1.807, 2.05) is 0 Å². The van der Waals surface area contributed by atoms with Gasteiger partial charge in [-0.15, -0.1) is 0 Å². The SMILES string of the molecule is O=C(CCOCC(F)(F)F)N1CCN(C(=O)NC2CCCCC2)CC1. The monoisotopic (exact) mass is 365 g/mol. The topological polar surface area (TPSA) is 61.9 Å². The summed E-state index contributed by atoms with van der Waals surface area (Å²) >= 11 is 0. The Morgan fingerprint density at radius 2 is 1.60 bits per heavy atom. The van der Waals surface area contributed by atoms with Crippen molar-refractivity contribution in [3.05, 3.63) is 0 Å². The Morgan fingerprint density at radius 1 is 1.00 bits per heavy atom. The maximum Gasteiger partial charge on any atom is 0.411 e. The number of nitrogens with one attached hydrogen (secondary N) is 1. The highest BCUT2D eigenvalue weighted by atomic mass is 19.4. The molecule has 2 rings (SSSR count). The van der Waals surface area contributed by atoms with Crippen molar-refractivity contribution >= 4 is 11.9 Å². The van der Waals surface area contributed by atoms with Crippen LogP contribution in [0.4, 0.5) is 18.0 Å². The summed E-state index contributed by atoms with van der Waals surface area (Å²) in [5.74, 6) is -0.241. The largest absolute Gasteiger partial charge is 0.411 e. The first-order valence-corrected chi connectivity index (χ1v) is 8.83. The summed E-state index contributed by atoms with van der Waals surface area (Å²) in [4.78, 5) is 27.5. The second-order valence-electron chi connectivity index (χ2n) is 6.57. The fourth-order valence-electron chi connectivity index (χ4n) is 3.18. The minimum absolute atomic E-state index is 0.0790. The van der Waals surface area contributed by atoms with Crippen molar-refractivity contribution in [1.82, 2.24) is 15.1 Å². The molecule has 0 radical (unpaired) electrons. The number of carbonyl (C=O) groups excluding carboxylic acids is 2. The molecule has 0 atom stereocenters. The third-order valence-corrected chi connectivity index (χ3v) is 4.58. The average Bonchev–Trinajstić information content (AvgIpc) is 2.59. The molecule has 2 aliphatic rings. The van der Waals surface area contributed by atoms with Gasteiger partial charge in [0.15, 0.2) is 0 Å². The summed E-state index contributed by atoms with van der Waals surface area (Å²) in [6, 6.07) is 0.152. The highest BCUT2D eigenvalue weighted by molar-refractivity contribution is 5.77. The summed E-state index contributed by atoms with van der Waals surface area (Å²) in [6.07, 6.45) is 1.09. The molecule has 25 heavy (non-hydrogen) atoms. The smallest absolute Gasteiger partial charge is 0.372 e. The maximum atomic E-state index is 12.2. The third kappa shape index (κ3) is 7.09. The predicted octanol–water partition coefficient (Wildman–Crippen LogP) is 2.14. The van der Waals surface area contributed by atoms with Gasteiger partial charge in [-0.3, -0.25) is 4.79 Å². The first-order chi connectivity index (χ1) is 11.8. The molecule has 1 saturated heterocycles.